The number of thiophene rings is 1. The summed E-state index contributed by atoms with van der Waals surface area (Å²) in [4.78, 5) is 11.9. The van der Waals surface area contributed by atoms with Crippen LogP contribution in [-0.4, -0.2) is 27.3 Å². The topological polar surface area (TPSA) is 67.2 Å². The highest BCUT2D eigenvalue weighted by molar-refractivity contribution is 7.08. The Hall–Kier alpha value is -1.66. The van der Waals surface area contributed by atoms with Gasteiger partial charge in [0.25, 0.3) is 5.91 Å². The largest absolute Gasteiger partial charge is 0.384 e. The number of carbonyl (C=O) groups excluding carboxylic acids is 1. The van der Waals surface area contributed by atoms with Gasteiger partial charge in [-0.3, -0.25) is 9.48 Å². The van der Waals surface area contributed by atoms with E-state index in [-0.39, 0.29) is 12.5 Å². The molecule has 0 aliphatic rings. The molecule has 1 atom stereocenters. The molecule has 2 aromatic heterocycles. The van der Waals surface area contributed by atoms with Crippen LogP contribution in [0.1, 0.15) is 28.7 Å². The summed E-state index contributed by atoms with van der Waals surface area (Å²) in [7, 11) is 1.79. The summed E-state index contributed by atoms with van der Waals surface area (Å²) in [6.07, 6.45) is 0. The molecule has 2 N–H and O–H groups in total. The molecule has 0 aromatic carbocycles. The second kappa shape index (κ2) is 5.14. The summed E-state index contributed by atoms with van der Waals surface area (Å²) in [5.41, 5.74) is 1.00. The summed E-state index contributed by atoms with van der Waals surface area (Å²) in [6.45, 7) is 3.71. The number of aromatic nitrogens is 2. The maximum Gasteiger partial charge on any atom is 0.271 e. The Kier molecular flexibility index (Phi) is 3.73. The number of nitrogens with zero attached hydrogens (tertiary/aromatic N) is 2. The molecule has 0 radical (unpaired) electrons. The zero-order valence-electron chi connectivity index (χ0n) is 11.2. The standard InChI is InChI=1S/C13H17N3O2S/c1-9-6-11(15-16(9)3)12(17)14-8-13(2,18)10-4-5-19-7-10/h4-7,18H,8H2,1-3H3,(H,14,17). The number of carbonyl (C=O) groups is 1. The first-order valence-electron chi connectivity index (χ1n) is 5.94. The second-order valence-corrected chi connectivity index (χ2v) is 5.54. The third-order valence-corrected chi connectivity index (χ3v) is 3.77. The van der Waals surface area contributed by atoms with Crippen LogP contribution in [0.5, 0.6) is 0 Å². The quantitative estimate of drug-likeness (QED) is 0.889. The average Bonchev–Trinajstić information content (AvgIpc) is 2.98. The van der Waals surface area contributed by atoms with Crippen molar-refractivity contribution in [3.63, 3.8) is 0 Å². The molecule has 6 heteroatoms. The van der Waals surface area contributed by atoms with Crippen LogP contribution in [0.25, 0.3) is 0 Å². The van der Waals surface area contributed by atoms with Gasteiger partial charge in [-0.1, -0.05) is 0 Å². The van der Waals surface area contributed by atoms with Gasteiger partial charge in [0, 0.05) is 12.7 Å². The first kappa shape index (κ1) is 13.8. The van der Waals surface area contributed by atoms with Crippen molar-refractivity contribution in [3.8, 4) is 0 Å². The summed E-state index contributed by atoms with van der Waals surface area (Å²) < 4.78 is 1.64. The maximum atomic E-state index is 11.9. The van der Waals surface area contributed by atoms with Gasteiger partial charge in [0.05, 0.1) is 6.54 Å². The lowest BCUT2D eigenvalue weighted by molar-refractivity contribution is 0.0528. The van der Waals surface area contributed by atoms with Crippen LogP contribution in [0.2, 0.25) is 0 Å². The Morgan fingerprint density at radius 2 is 2.37 bits per heavy atom. The van der Waals surface area contributed by atoms with Crippen molar-refractivity contribution in [1.82, 2.24) is 15.1 Å². The Morgan fingerprint density at radius 3 is 2.89 bits per heavy atom. The fraction of sp³-hybridized carbons (Fsp3) is 0.385. The fourth-order valence-corrected chi connectivity index (χ4v) is 2.47. The molecule has 2 rings (SSSR count). The lowest BCUT2D eigenvalue weighted by atomic mass is 9.99. The molecule has 5 nitrogen and oxygen atoms in total. The molecule has 19 heavy (non-hydrogen) atoms. The summed E-state index contributed by atoms with van der Waals surface area (Å²) in [5.74, 6) is -0.279. The molecule has 0 spiro atoms. The summed E-state index contributed by atoms with van der Waals surface area (Å²) >= 11 is 1.51. The molecule has 0 bridgehead atoms. The van der Waals surface area contributed by atoms with Gasteiger partial charge in [-0.25, -0.2) is 0 Å². The molecule has 102 valence electrons. The SMILES string of the molecule is Cc1cc(C(=O)NCC(C)(O)c2ccsc2)nn1C. The van der Waals surface area contributed by atoms with Gasteiger partial charge in [0.1, 0.15) is 11.3 Å². The highest BCUT2D eigenvalue weighted by Gasteiger charge is 2.24. The monoisotopic (exact) mass is 279 g/mol. The molecule has 0 aliphatic heterocycles. The zero-order valence-corrected chi connectivity index (χ0v) is 12.0. The molecule has 0 fully saturated rings. The molecule has 0 saturated heterocycles. The first-order valence-corrected chi connectivity index (χ1v) is 6.88. The van der Waals surface area contributed by atoms with Crippen LogP contribution in [0.4, 0.5) is 0 Å². The van der Waals surface area contributed by atoms with E-state index >= 15 is 0 Å². The van der Waals surface area contributed by atoms with E-state index in [9.17, 15) is 9.90 Å². The minimum Gasteiger partial charge on any atom is -0.384 e. The number of hydrogen-bond acceptors (Lipinski definition) is 4. The summed E-state index contributed by atoms with van der Waals surface area (Å²) in [6, 6.07) is 3.57. The van der Waals surface area contributed by atoms with Crippen LogP contribution < -0.4 is 5.32 Å². The average molecular weight is 279 g/mol. The minimum atomic E-state index is -1.07. The van der Waals surface area contributed by atoms with Gasteiger partial charge in [0.2, 0.25) is 0 Å². The zero-order chi connectivity index (χ0) is 14.0. The van der Waals surface area contributed by atoms with Crippen molar-refractivity contribution in [2.24, 2.45) is 7.05 Å². The van der Waals surface area contributed by atoms with E-state index in [1.54, 1.807) is 24.7 Å². The smallest absolute Gasteiger partial charge is 0.271 e. The Morgan fingerprint density at radius 1 is 1.63 bits per heavy atom. The van der Waals surface area contributed by atoms with E-state index in [2.05, 4.69) is 10.4 Å². The molecular weight excluding hydrogens is 262 g/mol. The third kappa shape index (κ3) is 3.02. The normalized spacial score (nSPS) is 14.1. The highest BCUT2D eigenvalue weighted by Crippen LogP contribution is 2.22. The Labute approximate surface area is 115 Å². The van der Waals surface area contributed by atoms with Crippen LogP contribution in [-0.2, 0) is 12.6 Å². The van der Waals surface area contributed by atoms with Gasteiger partial charge < -0.3 is 10.4 Å². The predicted octanol–water partition coefficient (Wildman–Crippen LogP) is 1.43. The van der Waals surface area contributed by atoms with E-state index in [4.69, 9.17) is 0 Å². The molecule has 0 saturated carbocycles. The lowest BCUT2D eigenvalue weighted by Gasteiger charge is -2.22. The molecule has 0 aliphatic carbocycles. The van der Waals surface area contributed by atoms with E-state index in [0.29, 0.717) is 5.69 Å². The van der Waals surface area contributed by atoms with E-state index in [0.717, 1.165) is 11.3 Å². The predicted molar refractivity (Wildman–Crippen MR) is 74.2 cm³/mol. The first-order chi connectivity index (χ1) is 8.90. The minimum absolute atomic E-state index is 0.151. The fourth-order valence-electron chi connectivity index (χ4n) is 1.69. The van der Waals surface area contributed by atoms with Gasteiger partial charge in [-0.2, -0.15) is 16.4 Å². The van der Waals surface area contributed by atoms with Crippen LogP contribution >= 0.6 is 11.3 Å². The van der Waals surface area contributed by atoms with Gasteiger partial charge in [-0.05, 0) is 42.3 Å². The number of hydrogen-bond donors (Lipinski definition) is 2. The molecule has 2 heterocycles. The molecule has 1 amide bonds. The molecule has 2 aromatic rings. The van der Waals surface area contributed by atoms with Gasteiger partial charge in [0.15, 0.2) is 0 Å². The molecular formula is C13H17N3O2S. The van der Waals surface area contributed by atoms with Crippen LogP contribution in [0.3, 0.4) is 0 Å². The van der Waals surface area contributed by atoms with Gasteiger partial charge >= 0.3 is 0 Å². The third-order valence-electron chi connectivity index (χ3n) is 3.08. The summed E-state index contributed by atoms with van der Waals surface area (Å²) in [5, 5.41) is 20.9. The van der Waals surface area contributed by atoms with Crippen molar-refractivity contribution in [2.75, 3.05) is 6.54 Å². The number of aryl methyl sites for hydroxylation is 2. The highest BCUT2D eigenvalue weighted by atomic mass is 32.1. The number of rotatable bonds is 4. The van der Waals surface area contributed by atoms with Crippen LogP contribution in [0, 0.1) is 6.92 Å². The Balaban J connectivity index is 2.01. The van der Waals surface area contributed by atoms with E-state index in [1.165, 1.54) is 11.3 Å². The second-order valence-electron chi connectivity index (χ2n) is 4.76. The number of aliphatic hydroxyl groups is 1. The van der Waals surface area contributed by atoms with Crippen molar-refractivity contribution in [1.29, 1.82) is 0 Å². The number of nitrogens with one attached hydrogen (secondary N) is 1. The van der Waals surface area contributed by atoms with E-state index in [1.807, 2.05) is 23.8 Å². The van der Waals surface area contributed by atoms with Crippen molar-refractivity contribution in [2.45, 2.75) is 19.4 Å². The maximum absolute atomic E-state index is 11.9. The van der Waals surface area contributed by atoms with Crippen LogP contribution in [0.15, 0.2) is 22.9 Å². The lowest BCUT2D eigenvalue weighted by Crippen LogP contribution is -2.38. The molecule has 1 unspecified atom stereocenters. The van der Waals surface area contributed by atoms with E-state index < -0.39 is 5.60 Å². The van der Waals surface area contributed by atoms with Crippen molar-refractivity contribution < 1.29 is 9.90 Å². The number of amides is 1. The Bertz CT molecular complexity index is 553. The van der Waals surface area contributed by atoms with Gasteiger partial charge in [-0.15, -0.1) is 0 Å². The van der Waals surface area contributed by atoms with Crippen molar-refractivity contribution in [3.05, 3.63) is 39.8 Å². The van der Waals surface area contributed by atoms with Crippen molar-refractivity contribution >= 4 is 17.2 Å².